The smallest absolute Gasteiger partial charge is 0.0861 e. The van der Waals surface area contributed by atoms with Crippen molar-refractivity contribution in [2.24, 2.45) is 13.0 Å². The van der Waals surface area contributed by atoms with Crippen molar-refractivity contribution in [3.8, 4) is 0 Å². The fourth-order valence-electron chi connectivity index (χ4n) is 2.07. The third kappa shape index (κ3) is 1.57. The first kappa shape index (κ1) is 9.00. The van der Waals surface area contributed by atoms with E-state index in [1.54, 1.807) is 4.68 Å². The van der Waals surface area contributed by atoms with Crippen LogP contribution in [0.3, 0.4) is 0 Å². The predicted octanol–water partition coefficient (Wildman–Crippen LogP) is 1.94. The highest BCUT2D eigenvalue weighted by Crippen LogP contribution is 2.41. The Bertz CT molecular complexity index is 297. The van der Waals surface area contributed by atoms with Crippen LogP contribution in [0.1, 0.15) is 31.4 Å². The summed E-state index contributed by atoms with van der Waals surface area (Å²) < 4.78 is 1.75. The maximum absolute atomic E-state index is 6.16. The van der Waals surface area contributed by atoms with Gasteiger partial charge in [-0.15, -0.1) is 16.7 Å². The molecule has 0 amide bonds. The van der Waals surface area contributed by atoms with Crippen molar-refractivity contribution in [1.29, 1.82) is 0 Å². The number of nitrogens with zero attached hydrogens (tertiary/aromatic N) is 3. The van der Waals surface area contributed by atoms with Crippen molar-refractivity contribution in [2.45, 2.75) is 31.1 Å². The topological polar surface area (TPSA) is 30.7 Å². The number of hydrogen-bond acceptors (Lipinski definition) is 2. The van der Waals surface area contributed by atoms with E-state index < -0.39 is 0 Å². The van der Waals surface area contributed by atoms with E-state index in [-0.39, 0.29) is 0 Å². The molecular formula is C9H14ClN3. The zero-order chi connectivity index (χ0) is 9.42. The van der Waals surface area contributed by atoms with E-state index in [2.05, 4.69) is 17.2 Å². The van der Waals surface area contributed by atoms with Crippen LogP contribution >= 0.6 is 11.6 Å². The molecule has 0 spiro atoms. The summed E-state index contributed by atoms with van der Waals surface area (Å²) in [6.45, 7) is 2.20. The summed E-state index contributed by atoms with van der Waals surface area (Å²) in [5.74, 6) is 1.04. The van der Waals surface area contributed by atoms with Crippen molar-refractivity contribution < 1.29 is 0 Å². The number of alkyl halides is 1. The van der Waals surface area contributed by atoms with Crippen LogP contribution in [0.15, 0.2) is 6.20 Å². The van der Waals surface area contributed by atoms with Gasteiger partial charge in [0.15, 0.2) is 0 Å². The summed E-state index contributed by atoms with van der Waals surface area (Å²) in [6.07, 6.45) is 4.24. The van der Waals surface area contributed by atoms with E-state index in [1.165, 1.54) is 0 Å². The van der Waals surface area contributed by atoms with Gasteiger partial charge in [0.2, 0.25) is 0 Å². The van der Waals surface area contributed by atoms with Gasteiger partial charge in [0.1, 0.15) is 0 Å². The molecular weight excluding hydrogens is 186 g/mol. The molecule has 13 heavy (non-hydrogen) atoms. The van der Waals surface area contributed by atoms with Crippen LogP contribution in [0.5, 0.6) is 0 Å². The molecule has 3 nitrogen and oxygen atoms in total. The molecule has 3 unspecified atom stereocenters. The van der Waals surface area contributed by atoms with Crippen LogP contribution in [0.2, 0.25) is 0 Å². The molecule has 72 valence electrons. The van der Waals surface area contributed by atoms with Crippen LogP contribution < -0.4 is 0 Å². The van der Waals surface area contributed by atoms with Gasteiger partial charge in [-0.1, -0.05) is 12.1 Å². The summed E-state index contributed by atoms with van der Waals surface area (Å²) in [5.41, 5.74) is 1.10. The average molecular weight is 200 g/mol. The molecule has 4 heteroatoms. The minimum Gasteiger partial charge on any atom is -0.255 e. The molecule has 0 aliphatic heterocycles. The zero-order valence-electron chi connectivity index (χ0n) is 7.94. The van der Waals surface area contributed by atoms with Gasteiger partial charge in [-0.05, 0) is 18.8 Å². The van der Waals surface area contributed by atoms with E-state index in [1.807, 2.05) is 13.2 Å². The SMILES string of the molecule is CC1C(Cl)CCC1c1cn(C)nn1. The third-order valence-corrected chi connectivity index (χ3v) is 3.57. The first-order chi connectivity index (χ1) is 6.18. The van der Waals surface area contributed by atoms with Gasteiger partial charge in [0.25, 0.3) is 0 Å². The molecule has 0 radical (unpaired) electrons. The maximum Gasteiger partial charge on any atom is 0.0861 e. The van der Waals surface area contributed by atoms with Crippen LogP contribution in [0, 0.1) is 5.92 Å². The Labute approximate surface area is 83.1 Å². The lowest BCUT2D eigenvalue weighted by molar-refractivity contribution is 0.525. The van der Waals surface area contributed by atoms with Gasteiger partial charge in [-0.2, -0.15) is 0 Å². The van der Waals surface area contributed by atoms with Gasteiger partial charge in [-0.3, -0.25) is 4.68 Å². The number of rotatable bonds is 1. The monoisotopic (exact) mass is 199 g/mol. The normalized spacial score (nSPS) is 33.9. The van der Waals surface area contributed by atoms with Crippen LogP contribution in [-0.2, 0) is 7.05 Å². The minimum atomic E-state index is 0.312. The Morgan fingerprint density at radius 2 is 2.31 bits per heavy atom. The van der Waals surface area contributed by atoms with Gasteiger partial charge in [-0.25, -0.2) is 0 Å². The first-order valence-electron chi connectivity index (χ1n) is 4.69. The van der Waals surface area contributed by atoms with E-state index in [0.717, 1.165) is 18.5 Å². The third-order valence-electron chi connectivity index (χ3n) is 2.96. The summed E-state index contributed by atoms with van der Waals surface area (Å²) in [4.78, 5) is 0. The van der Waals surface area contributed by atoms with Crippen molar-refractivity contribution >= 4 is 11.6 Å². The number of halogens is 1. The molecule has 1 aromatic rings. The Balaban J connectivity index is 2.18. The van der Waals surface area contributed by atoms with Gasteiger partial charge < -0.3 is 0 Å². The summed E-state index contributed by atoms with van der Waals surface area (Å²) in [5, 5.41) is 8.39. The molecule has 3 atom stereocenters. The highest BCUT2D eigenvalue weighted by atomic mass is 35.5. The summed E-state index contributed by atoms with van der Waals surface area (Å²) >= 11 is 6.16. The Hall–Kier alpha value is -0.570. The van der Waals surface area contributed by atoms with Crippen molar-refractivity contribution in [3.05, 3.63) is 11.9 Å². The highest BCUT2D eigenvalue weighted by Gasteiger charge is 2.33. The molecule has 0 N–H and O–H groups in total. The largest absolute Gasteiger partial charge is 0.255 e. The first-order valence-corrected chi connectivity index (χ1v) is 5.12. The Morgan fingerprint density at radius 3 is 2.77 bits per heavy atom. The van der Waals surface area contributed by atoms with E-state index in [4.69, 9.17) is 11.6 Å². The van der Waals surface area contributed by atoms with E-state index >= 15 is 0 Å². The molecule has 1 heterocycles. The van der Waals surface area contributed by atoms with Crippen LogP contribution in [-0.4, -0.2) is 20.4 Å². The molecule has 0 bridgehead atoms. The Kier molecular flexibility index (Phi) is 2.28. The van der Waals surface area contributed by atoms with Crippen molar-refractivity contribution in [1.82, 2.24) is 15.0 Å². The predicted molar refractivity (Wildman–Crippen MR) is 51.8 cm³/mol. The molecule has 1 aromatic heterocycles. The quantitative estimate of drug-likeness (QED) is 0.648. The van der Waals surface area contributed by atoms with Crippen LogP contribution in [0.4, 0.5) is 0 Å². The second kappa shape index (κ2) is 3.29. The van der Waals surface area contributed by atoms with Gasteiger partial charge in [0, 0.05) is 24.5 Å². The second-order valence-corrected chi connectivity index (χ2v) is 4.44. The molecule has 2 rings (SSSR count). The minimum absolute atomic E-state index is 0.312. The number of aryl methyl sites for hydroxylation is 1. The number of aromatic nitrogens is 3. The van der Waals surface area contributed by atoms with Crippen molar-refractivity contribution in [2.75, 3.05) is 0 Å². The van der Waals surface area contributed by atoms with E-state index in [0.29, 0.717) is 17.2 Å². The standard InChI is InChI=1S/C9H14ClN3/c1-6-7(3-4-8(6)10)9-5-13(2)12-11-9/h5-8H,3-4H2,1-2H3. The van der Waals surface area contributed by atoms with Crippen molar-refractivity contribution in [3.63, 3.8) is 0 Å². The van der Waals surface area contributed by atoms with Crippen LogP contribution in [0.25, 0.3) is 0 Å². The summed E-state index contributed by atoms with van der Waals surface area (Å²) in [7, 11) is 1.90. The lowest BCUT2D eigenvalue weighted by Crippen LogP contribution is -2.09. The molecule has 1 saturated carbocycles. The molecule has 0 aromatic carbocycles. The highest BCUT2D eigenvalue weighted by molar-refractivity contribution is 6.21. The molecule has 1 aliphatic carbocycles. The van der Waals surface area contributed by atoms with E-state index in [9.17, 15) is 0 Å². The second-order valence-electron chi connectivity index (χ2n) is 3.88. The lowest BCUT2D eigenvalue weighted by atomic mass is 9.95. The average Bonchev–Trinajstić information content (AvgIpc) is 2.62. The molecule has 1 aliphatic rings. The van der Waals surface area contributed by atoms with Gasteiger partial charge >= 0.3 is 0 Å². The summed E-state index contributed by atoms with van der Waals surface area (Å²) in [6, 6.07) is 0. The fraction of sp³-hybridized carbons (Fsp3) is 0.778. The molecule has 1 fully saturated rings. The maximum atomic E-state index is 6.16. The molecule has 0 saturated heterocycles. The fourth-order valence-corrected chi connectivity index (χ4v) is 2.37. The number of hydrogen-bond donors (Lipinski definition) is 0. The lowest BCUT2D eigenvalue weighted by Gasteiger charge is -2.13. The zero-order valence-corrected chi connectivity index (χ0v) is 8.70. The van der Waals surface area contributed by atoms with Gasteiger partial charge in [0.05, 0.1) is 5.69 Å². The Morgan fingerprint density at radius 1 is 1.54 bits per heavy atom.